The van der Waals surface area contributed by atoms with Crippen molar-refractivity contribution in [3.8, 4) is 6.07 Å². The number of likely N-dealkylation sites (tertiary alicyclic amines) is 1. The van der Waals surface area contributed by atoms with Gasteiger partial charge < -0.3 is 20.5 Å². The topological polar surface area (TPSA) is 118 Å². The Balaban J connectivity index is 1.38. The van der Waals surface area contributed by atoms with Crippen LogP contribution in [0.1, 0.15) is 42.6 Å². The number of aromatic amines is 1. The van der Waals surface area contributed by atoms with Gasteiger partial charge in [-0.05, 0) is 31.4 Å². The van der Waals surface area contributed by atoms with Crippen LogP contribution in [0.2, 0.25) is 5.02 Å². The summed E-state index contributed by atoms with van der Waals surface area (Å²) in [7, 11) is 0. The molecule has 3 aliphatic rings. The van der Waals surface area contributed by atoms with E-state index in [1.54, 1.807) is 24.3 Å². The number of carbonyl (C=O) groups excluding carboxylic acids is 3. The van der Waals surface area contributed by atoms with Gasteiger partial charge in [-0.2, -0.15) is 5.26 Å². The number of nitrogens with zero attached hydrogens (tertiary/aromatic N) is 2. The lowest BCUT2D eigenvalue weighted by Crippen LogP contribution is -2.49. The summed E-state index contributed by atoms with van der Waals surface area (Å²) in [5.41, 5.74) is -0.0753. The van der Waals surface area contributed by atoms with Crippen LogP contribution >= 0.6 is 11.6 Å². The molecule has 1 aliphatic carbocycles. The molecule has 8 nitrogen and oxygen atoms in total. The number of nitrogens with one attached hydrogen (secondary N) is 3. The largest absolute Gasteiger partial charge is 0.356 e. The van der Waals surface area contributed by atoms with Crippen LogP contribution in [0.25, 0.3) is 10.9 Å². The van der Waals surface area contributed by atoms with Crippen LogP contribution in [-0.2, 0) is 9.59 Å². The average Bonchev–Trinajstić information content (AvgIpc) is 3.50. The number of hydrogen-bond donors (Lipinski definition) is 3. The molecule has 2 aliphatic heterocycles. The second-order valence-corrected chi connectivity index (χ2v) is 10.4. The van der Waals surface area contributed by atoms with E-state index < -0.39 is 48.1 Å². The van der Waals surface area contributed by atoms with Crippen LogP contribution in [0.3, 0.4) is 0 Å². The number of rotatable bonds is 5. The lowest BCUT2D eigenvalue weighted by molar-refractivity contribution is -0.155. The molecule has 3 heterocycles. The highest BCUT2D eigenvalue weighted by molar-refractivity contribution is 6.35. The molecule has 1 aromatic carbocycles. The molecule has 1 aromatic heterocycles. The van der Waals surface area contributed by atoms with E-state index >= 15 is 0 Å². The minimum atomic E-state index is -2.82. The van der Waals surface area contributed by atoms with Crippen LogP contribution in [0, 0.1) is 22.7 Å². The predicted octanol–water partition coefficient (Wildman–Crippen LogP) is 2.99. The second-order valence-electron chi connectivity index (χ2n) is 9.95. The number of carbonyl (C=O) groups is 3. The van der Waals surface area contributed by atoms with Gasteiger partial charge in [0, 0.05) is 42.7 Å². The van der Waals surface area contributed by atoms with Crippen LogP contribution in [0.15, 0.2) is 24.3 Å². The summed E-state index contributed by atoms with van der Waals surface area (Å²) in [5, 5.41) is 16.0. The molecule has 11 heteroatoms. The molecule has 35 heavy (non-hydrogen) atoms. The van der Waals surface area contributed by atoms with Gasteiger partial charge in [-0.15, -0.1) is 0 Å². The third-order valence-electron chi connectivity index (χ3n) is 7.33. The molecular weight excluding hydrogens is 480 g/mol. The first-order chi connectivity index (χ1) is 16.6. The van der Waals surface area contributed by atoms with Crippen molar-refractivity contribution in [2.24, 2.45) is 11.3 Å². The van der Waals surface area contributed by atoms with Crippen molar-refractivity contribution >= 4 is 40.2 Å². The van der Waals surface area contributed by atoms with Crippen LogP contribution in [-0.4, -0.2) is 58.7 Å². The van der Waals surface area contributed by atoms with Crippen molar-refractivity contribution in [3.63, 3.8) is 0 Å². The number of fused-ring (bicyclic) bond motifs is 1. The zero-order valence-electron chi connectivity index (χ0n) is 18.7. The molecule has 0 bridgehead atoms. The number of alkyl halides is 2. The molecule has 3 N–H and O–H groups in total. The maximum Gasteiger partial charge on any atom is 0.271 e. The summed E-state index contributed by atoms with van der Waals surface area (Å²) in [4.78, 5) is 42.9. The highest BCUT2D eigenvalue weighted by Gasteiger charge is 2.62. The molecule has 1 saturated carbocycles. The zero-order chi connectivity index (χ0) is 25.0. The van der Waals surface area contributed by atoms with E-state index in [9.17, 15) is 28.4 Å². The number of hydrogen-bond acceptors (Lipinski definition) is 4. The average molecular weight is 504 g/mol. The van der Waals surface area contributed by atoms with Crippen molar-refractivity contribution in [2.75, 3.05) is 13.1 Å². The van der Waals surface area contributed by atoms with Gasteiger partial charge >= 0.3 is 0 Å². The number of aromatic nitrogens is 1. The Hall–Kier alpha value is -3.19. The SMILES string of the molecule is N#C[C@H](C[C@@H]1CCNC1=O)NC(=O)[C@@H]1CC2(CN1C(=O)c1cc3cccc(Cl)c3[nH]1)CC(F)(F)C2. The van der Waals surface area contributed by atoms with Gasteiger partial charge in [-0.25, -0.2) is 8.78 Å². The lowest BCUT2D eigenvalue weighted by atomic mass is 9.65. The Morgan fingerprint density at radius 3 is 2.74 bits per heavy atom. The van der Waals surface area contributed by atoms with Crippen molar-refractivity contribution < 1.29 is 23.2 Å². The third-order valence-corrected chi connectivity index (χ3v) is 7.65. The Labute approximate surface area is 205 Å². The monoisotopic (exact) mass is 503 g/mol. The predicted molar refractivity (Wildman–Crippen MR) is 123 cm³/mol. The van der Waals surface area contributed by atoms with E-state index in [0.29, 0.717) is 28.9 Å². The first kappa shape index (κ1) is 23.5. The Morgan fingerprint density at radius 2 is 2.11 bits per heavy atom. The number of nitriles is 1. The Morgan fingerprint density at radius 1 is 1.34 bits per heavy atom. The summed E-state index contributed by atoms with van der Waals surface area (Å²) in [6.45, 7) is 0.538. The number of H-pyrrole nitrogens is 1. The van der Waals surface area contributed by atoms with E-state index in [1.165, 1.54) is 4.90 Å². The highest BCUT2D eigenvalue weighted by Crippen LogP contribution is 2.58. The van der Waals surface area contributed by atoms with Gasteiger partial charge in [-0.1, -0.05) is 23.7 Å². The molecule has 0 unspecified atom stereocenters. The van der Waals surface area contributed by atoms with Crippen molar-refractivity contribution in [2.45, 2.75) is 50.1 Å². The minimum absolute atomic E-state index is 0.0187. The van der Waals surface area contributed by atoms with Gasteiger partial charge in [0.1, 0.15) is 17.8 Å². The summed E-state index contributed by atoms with van der Waals surface area (Å²) in [5.74, 6) is -4.43. The molecular formula is C24H24ClF2N5O3. The fraction of sp³-hybridized carbons (Fsp3) is 0.500. The van der Waals surface area contributed by atoms with Gasteiger partial charge in [0.15, 0.2) is 0 Å². The Bertz CT molecular complexity index is 1250. The molecule has 5 rings (SSSR count). The number of benzene rings is 1. The Kier molecular flexibility index (Phi) is 5.71. The summed E-state index contributed by atoms with van der Waals surface area (Å²) >= 11 is 6.21. The number of para-hydroxylation sites is 1. The molecule has 184 valence electrons. The van der Waals surface area contributed by atoms with Crippen LogP contribution < -0.4 is 10.6 Å². The first-order valence-corrected chi connectivity index (χ1v) is 11.9. The lowest BCUT2D eigenvalue weighted by Gasteiger charge is -2.44. The minimum Gasteiger partial charge on any atom is -0.356 e. The fourth-order valence-electron chi connectivity index (χ4n) is 5.76. The van der Waals surface area contributed by atoms with Crippen molar-refractivity contribution in [1.82, 2.24) is 20.5 Å². The van der Waals surface area contributed by atoms with Crippen LogP contribution in [0.4, 0.5) is 8.78 Å². The van der Waals surface area contributed by atoms with Crippen molar-refractivity contribution in [3.05, 3.63) is 35.0 Å². The quantitative estimate of drug-likeness (QED) is 0.581. The normalized spacial score (nSPS) is 25.2. The van der Waals surface area contributed by atoms with Gasteiger partial charge in [0.2, 0.25) is 17.7 Å². The molecule has 2 saturated heterocycles. The maximum atomic E-state index is 13.8. The van der Waals surface area contributed by atoms with E-state index in [1.807, 2.05) is 6.07 Å². The molecule has 1 spiro atoms. The summed E-state index contributed by atoms with van der Waals surface area (Å²) in [6, 6.07) is 6.90. The fourth-order valence-corrected chi connectivity index (χ4v) is 5.99. The van der Waals surface area contributed by atoms with E-state index in [0.717, 1.165) is 0 Å². The zero-order valence-corrected chi connectivity index (χ0v) is 19.5. The first-order valence-electron chi connectivity index (χ1n) is 11.5. The standard InChI is InChI=1S/C24H24ClF2N5O3/c25-16-3-1-2-13-7-17(31-19(13)16)22(35)32-12-23(10-24(26,27)11-23)8-18(32)21(34)30-15(9-28)6-14-4-5-29-20(14)33/h1-3,7,14-15,18,31H,4-6,8,10-12H2,(H,29,33)(H,30,34)/t14-,15-,18-/m0/s1. The number of halogens is 3. The summed E-state index contributed by atoms with van der Waals surface area (Å²) in [6.07, 6.45) is 0.0236. The highest BCUT2D eigenvalue weighted by atomic mass is 35.5. The molecule has 3 amide bonds. The van der Waals surface area contributed by atoms with E-state index in [4.69, 9.17) is 11.6 Å². The van der Waals surface area contributed by atoms with Crippen LogP contribution in [0.5, 0.6) is 0 Å². The van der Waals surface area contributed by atoms with Gasteiger partial charge in [-0.3, -0.25) is 14.4 Å². The van der Waals surface area contributed by atoms with Gasteiger partial charge in [0.05, 0.1) is 16.6 Å². The van der Waals surface area contributed by atoms with E-state index in [2.05, 4.69) is 15.6 Å². The second kappa shape index (κ2) is 8.48. The molecule has 3 atom stereocenters. The van der Waals surface area contributed by atoms with E-state index in [-0.39, 0.29) is 36.9 Å². The maximum absolute atomic E-state index is 13.8. The number of amides is 3. The summed E-state index contributed by atoms with van der Waals surface area (Å²) < 4.78 is 27.6. The molecule has 2 aromatic rings. The van der Waals surface area contributed by atoms with Gasteiger partial charge in [0.25, 0.3) is 5.91 Å². The third kappa shape index (κ3) is 4.33. The van der Waals surface area contributed by atoms with Crippen molar-refractivity contribution in [1.29, 1.82) is 5.26 Å². The smallest absolute Gasteiger partial charge is 0.271 e. The molecule has 3 fully saturated rings. The molecule has 0 radical (unpaired) electrons.